The number of hydrogen-bond acceptors (Lipinski definition) is 3. The smallest absolute Gasteiger partial charge is 0.264 e. The van der Waals surface area contributed by atoms with Crippen LogP contribution in [0.3, 0.4) is 0 Å². The van der Waals surface area contributed by atoms with Gasteiger partial charge in [-0.2, -0.15) is 0 Å². The fourth-order valence-corrected chi connectivity index (χ4v) is 4.72. The van der Waals surface area contributed by atoms with E-state index in [0.29, 0.717) is 15.1 Å². The summed E-state index contributed by atoms with van der Waals surface area (Å²) in [6, 6.07) is 15.9. The summed E-state index contributed by atoms with van der Waals surface area (Å²) in [5.41, 5.74) is 7.27. The van der Waals surface area contributed by atoms with E-state index in [-0.39, 0.29) is 5.91 Å². The van der Waals surface area contributed by atoms with Crippen LogP contribution >= 0.6 is 23.4 Å². The molecule has 0 bridgehead atoms. The molecule has 1 aromatic heterocycles. The van der Waals surface area contributed by atoms with E-state index < -0.39 is 0 Å². The molecule has 0 aliphatic carbocycles. The van der Waals surface area contributed by atoms with Crippen molar-refractivity contribution in [2.75, 3.05) is 0 Å². The number of hydrogen-bond donors (Lipinski definition) is 1. The molecule has 0 atom stereocenters. The van der Waals surface area contributed by atoms with Gasteiger partial charge in [-0.1, -0.05) is 23.7 Å². The molecule has 152 valence electrons. The number of aromatic nitrogens is 1. The molecule has 3 aromatic rings. The normalized spacial score (nSPS) is 16.5. The number of rotatable bonds is 3. The van der Waals surface area contributed by atoms with E-state index in [4.69, 9.17) is 11.6 Å². The molecule has 0 saturated carbocycles. The number of nitrogens with zero attached hydrogens (tertiary/aromatic N) is 2. The summed E-state index contributed by atoms with van der Waals surface area (Å²) in [4.78, 5) is 17.8. The highest BCUT2D eigenvalue weighted by Gasteiger charge is 2.24. The van der Waals surface area contributed by atoms with Crippen molar-refractivity contribution in [1.82, 2.24) is 9.88 Å². The molecule has 4 nitrogen and oxygen atoms in total. The van der Waals surface area contributed by atoms with Crippen molar-refractivity contribution >= 4 is 46.2 Å². The zero-order chi connectivity index (χ0) is 21.4. The first-order chi connectivity index (χ1) is 14.3. The van der Waals surface area contributed by atoms with Gasteiger partial charge in [0.25, 0.3) is 5.91 Å². The van der Waals surface area contributed by atoms with Crippen molar-refractivity contribution in [1.29, 1.82) is 0 Å². The first-order valence-corrected chi connectivity index (χ1v) is 10.8. The van der Waals surface area contributed by atoms with E-state index in [9.17, 15) is 4.79 Å². The van der Waals surface area contributed by atoms with Crippen LogP contribution in [0.2, 0.25) is 5.02 Å². The molecule has 2 aromatic carbocycles. The third kappa shape index (κ3) is 4.23. The number of aryl methyl sites for hydroxylation is 3. The van der Waals surface area contributed by atoms with Crippen molar-refractivity contribution in [3.63, 3.8) is 0 Å². The van der Waals surface area contributed by atoms with Gasteiger partial charge in [-0.05, 0) is 98.6 Å². The summed E-state index contributed by atoms with van der Waals surface area (Å²) in [5.74, 6) is -0.129. The standard InChI is InChI=1S/C24H22ClN3OS/c1-14-8-15(2)10-20(9-14)26-24-27-23(29)22(30-24)12-18-11-16(3)28(17(18)4)21-7-5-6-19(25)13-21/h5-13H,1-4H3,(H,26,27,29)/b22-12-. The molecule has 1 aliphatic rings. The number of thioether (sulfide) groups is 1. The monoisotopic (exact) mass is 435 g/mol. The Balaban J connectivity index is 1.65. The van der Waals surface area contributed by atoms with Gasteiger partial charge < -0.3 is 9.88 Å². The Morgan fingerprint density at radius 2 is 1.77 bits per heavy atom. The first kappa shape index (κ1) is 20.5. The molecule has 1 aliphatic heterocycles. The van der Waals surface area contributed by atoms with E-state index in [1.807, 2.05) is 70.2 Å². The molecule has 6 heteroatoms. The average Bonchev–Trinajstić information content (AvgIpc) is 3.13. The van der Waals surface area contributed by atoms with Crippen LogP contribution in [0.25, 0.3) is 11.8 Å². The maximum Gasteiger partial charge on any atom is 0.264 e. The lowest BCUT2D eigenvalue weighted by molar-refractivity contribution is -0.115. The SMILES string of the molecule is Cc1cc(C)cc(N=C2NC(=O)/C(=C/c3cc(C)n(-c4cccc(Cl)c4)c3C)S2)c1. The third-order valence-electron chi connectivity index (χ3n) is 4.91. The van der Waals surface area contributed by atoms with Gasteiger partial charge in [0.15, 0.2) is 5.17 Å². The summed E-state index contributed by atoms with van der Waals surface area (Å²) in [6.45, 7) is 8.17. The van der Waals surface area contributed by atoms with Crippen LogP contribution < -0.4 is 5.32 Å². The minimum atomic E-state index is -0.129. The Kier molecular flexibility index (Phi) is 5.58. The minimum Gasteiger partial charge on any atom is -0.318 e. The number of amidine groups is 1. The predicted molar refractivity (Wildman–Crippen MR) is 127 cm³/mol. The van der Waals surface area contributed by atoms with Crippen LogP contribution in [0.15, 0.2) is 58.4 Å². The molecular weight excluding hydrogens is 414 g/mol. The maximum atomic E-state index is 12.5. The number of nitrogens with one attached hydrogen (secondary N) is 1. The Hall–Kier alpha value is -2.76. The van der Waals surface area contributed by atoms with Gasteiger partial charge in [0, 0.05) is 22.1 Å². The Morgan fingerprint density at radius 1 is 1.03 bits per heavy atom. The summed E-state index contributed by atoms with van der Waals surface area (Å²) in [5, 5.41) is 4.16. The number of amides is 1. The van der Waals surface area contributed by atoms with Crippen molar-refractivity contribution in [3.8, 4) is 5.69 Å². The van der Waals surface area contributed by atoms with Crippen molar-refractivity contribution in [2.45, 2.75) is 27.7 Å². The van der Waals surface area contributed by atoms with Crippen LogP contribution in [0.5, 0.6) is 0 Å². The highest BCUT2D eigenvalue weighted by Crippen LogP contribution is 2.31. The number of benzene rings is 2. The lowest BCUT2D eigenvalue weighted by atomic mass is 10.1. The highest BCUT2D eigenvalue weighted by molar-refractivity contribution is 8.18. The molecule has 1 fully saturated rings. The van der Waals surface area contributed by atoms with Gasteiger partial charge in [-0.3, -0.25) is 4.79 Å². The molecular formula is C24H22ClN3OS. The van der Waals surface area contributed by atoms with E-state index >= 15 is 0 Å². The topological polar surface area (TPSA) is 46.4 Å². The van der Waals surface area contributed by atoms with Gasteiger partial charge >= 0.3 is 0 Å². The summed E-state index contributed by atoms with van der Waals surface area (Å²) < 4.78 is 2.14. The number of carbonyl (C=O) groups excluding carboxylic acids is 1. The predicted octanol–water partition coefficient (Wildman–Crippen LogP) is 6.26. The molecule has 0 spiro atoms. The molecule has 0 radical (unpaired) electrons. The Morgan fingerprint density at radius 3 is 2.47 bits per heavy atom. The number of halogens is 1. The highest BCUT2D eigenvalue weighted by atomic mass is 35.5. The summed E-state index contributed by atoms with van der Waals surface area (Å²) in [6.07, 6.45) is 1.92. The zero-order valence-electron chi connectivity index (χ0n) is 17.3. The Labute approximate surface area is 185 Å². The Bertz CT molecular complexity index is 1200. The molecule has 1 N–H and O–H groups in total. The molecule has 0 unspecified atom stereocenters. The van der Waals surface area contributed by atoms with Crippen LogP contribution in [0.4, 0.5) is 5.69 Å². The van der Waals surface area contributed by atoms with Crippen LogP contribution in [-0.2, 0) is 4.79 Å². The van der Waals surface area contributed by atoms with Gasteiger partial charge in [-0.15, -0.1) is 0 Å². The molecule has 2 heterocycles. The second-order valence-corrected chi connectivity index (χ2v) is 8.94. The van der Waals surface area contributed by atoms with E-state index in [2.05, 4.69) is 27.0 Å². The van der Waals surface area contributed by atoms with Crippen molar-refractivity contribution in [3.05, 3.63) is 86.5 Å². The van der Waals surface area contributed by atoms with Crippen molar-refractivity contribution in [2.24, 2.45) is 4.99 Å². The molecule has 1 saturated heterocycles. The van der Waals surface area contributed by atoms with Gasteiger partial charge in [0.1, 0.15) is 0 Å². The fourth-order valence-electron chi connectivity index (χ4n) is 3.70. The van der Waals surface area contributed by atoms with Gasteiger partial charge in [0.05, 0.1) is 10.6 Å². The average molecular weight is 436 g/mol. The van der Waals surface area contributed by atoms with E-state index in [0.717, 1.165) is 39.5 Å². The van der Waals surface area contributed by atoms with Crippen LogP contribution in [0.1, 0.15) is 28.1 Å². The van der Waals surface area contributed by atoms with Crippen LogP contribution in [-0.4, -0.2) is 15.6 Å². The first-order valence-electron chi connectivity index (χ1n) is 9.63. The van der Waals surface area contributed by atoms with Gasteiger partial charge in [-0.25, -0.2) is 4.99 Å². The minimum absolute atomic E-state index is 0.129. The molecule has 4 rings (SSSR count). The lowest BCUT2D eigenvalue weighted by Crippen LogP contribution is -2.19. The van der Waals surface area contributed by atoms with Gasteiger partial charge in [0.2, 0.25) is 0 Å². The fraction of sp³-hybridized carbons (Fsp3) is 0.167. The maximum absolute atomic E-state index is 12.5. The molecule has 1 amide bonds. The molecule has 30 heavy (non-hydrogen) atoms. The quantitative estimate of drug-likeness (QED) is 0.494. The van der Waals surface area contributed by atoms with E-state index in [1.165, 1.54) is 11.8 Å². The number of aliphatic imine (C=N–C) groups is 1. The van der Waals surface area contributed by atoms with Crippen molar-refractivity contribution < 1.29 is 4.79 Å². The third-order valence-corrected chi connectivity index (χ3v) is 6.06. The summed E-state index contributed by atoms with van der Waals surface area (Å²) >= 11 is 7.53. The summed E-state index contributed by atoms with van der Waals surface area (Å²) in [7, 11) is 0. The second kappa shape index (κ2) is 8.17. The second-order valence-electron chi connectivity index (χ2n) is 7.47. The number of carbonyl (C=O) groups is 1. The van der Waals surface area contributed by atoms with E-state index in [1.54, 1.807) is 0 Å². The zero-order valence-corrected chi connectivity index (χ0v) is 18.9. The van der Waals surface area contributed by atoms with Crippen LogP contribution in [0, 0.1) is 27.7 Å². The lowest BCUT2D eigenvalue weighted by Gasteiger charge is -2.09. The largest absolute Gasteiger partial charge is 0.318 e.